The number of hydrogen-bond acceptors (Lipinski definition) is 3. The van der Waals surface area contributed by atoms with E-state index in [0.29, 0.717) is 32.7 Å². The average molecular weight is 342 g/mol. The lowest BCUT2D eigenvalue weighted by Gasteiger charge is -2.09. The molecule has 3 aromatic rings. The van der Waals surface area contributed by atoms with E-state index in [1.54, 1.807) is 31.2 Å². The fraction of sp³-hybridized carbons (Fsp3) is 0.111. The van der Waals surface area contributed by atoms with Gasteiger partial charge in [-0.15, -0.1) is 0 Å². The molecule has 0 bridgehead atoms. The molecule has 0 aliphatic rings. The predicted molar refractivity (Wildman–Crippen MR) is 94.2 cm³/mol. The lowest BCUT2D eigenvalue weighted by atomic mass is 10.1. The van der Waals surface area contributed by atoms with E-state index in [0.717, 1.165) is 5.56 Å². The molecule has 0 saturated heterocycles. The Labute approximate surface area is 144 Å². The fourth-order valence-corrected chi connectivity index (χ4v) is 3.22. The van der Waals surface area contributed by atoms with Gasteiger partial charge in [0.25, 0.3) is 11.8 Å². The number of carbonyl (C=O) groups is 2. The Morgan fingerprint density at radius 2 is 1.83 bits per heavy atom. The van der Waals surface area contributed by atoms with Gasteiger partial charge in [0.1, 0.15) is 0 Å². The van der Waals surface area contributed by atoms with Crippen molar-refractivity contribution in [3.8, 4) is 0 Å². The van der Waals surface area contributed by atoms with Gasteiger partial charge in [0, 0.05) is 11.1 Å². The first-order valence-corrected chi connectivity index (χ1v) is 7.75. The number of carbonyl (C=O) groups excluding carboxylic acids is 2. The van der Waals surface area contributed by atoms with E-state index in [1.807, 2.05) is 25.1 Å². The minimum atomic E-state index is -0.440. The lowest BCUT2D eigenvalue weighted by molar-refractivity contribution is 0.0954. The number of hydrazine groups is 1. The molecule has 1 amide bonds. The lowest BCUT2D eigenvalue weighted by Crippen LogP contribution is -2.30. The first kappa shape index (κ1) is 16.2. The van der Waals surface area contributed by atoms with E-state index in [-0.39, 0.29) is 5.91 Å². The third kappa shape index (κ3) is 2.48. The highest BCUT2D eigenvalue weighted by Gasteiger charge is 2.24. The van der Waals surface area contributed by atoms with E-state index < -0.39 is 5.91 Å². The Kier molecular flexibility index (Phi) is 4.13. The number of nitrogen functional groups attached to an aromatic ring is 1. The Bertz CT molecular complexity index is 976. The molecule has 3 rings (SSSR count). The van der Waals surface area contributed by atoms with Gasteiger partial charge >= 0.3 is 0 Å². The molecule has 0 spiro atoms. The average Bonchev–Trinajstić information content (AvgIpc) is 2.85. The predicted octanol–water partition coefficient (Wildman–Crippen LogP) is 3.20. The van der Waals surface area contributed by atoms with Crippen molar-refractivity contribution in [2.45, 2.75) is 13.8 Å². The summed E-state index contributed by atoms with van der Waals surface area (Å²) in [5, 5.41) is 1.04. The van der Waals surface area contributed by atoms with Crippen LogP contribution in [0.3, 0.4) is 0 Å². The fourth-order valence-electron chi connectivity index (χ4n) is 2.90. The molecule has 0 radical (unpaired) electrons. The minimum absolute atomic E-state index is 0.287. The second kappa shape index (κ2) is 6.11. The first-order valence-electron chi connectivity index (χ1n) is 7.37. The van der Waals surface area contributed by atoms with E-state index in [2.05, 4.69) is 5.43 Å². The van der Waals surface area contributed by atoms with Gasteiger partial charge in [-0.3, -0.25) is 19.6 Å². The maximum absolute atomic E-state index is 13.1. The summed E-state index contributed by atoms with van der Waals surface area (Å²) in [5.41, 5.74) is 5.01. The van der Waals surface area contributed by atoms with Crippen molar-refractivity contribution in [3.63, 3.8) is 0 Å². The highest BCUT2D eigenvalue weighted by molar-refractivity contribution is 6.34. The summed E-state index contributed by atoms with van der Waals surface area (Å²) in [6.45, 7) is 3.62. The summed E-state index contributed by atoms with van der Waals surface area (Å²) in [7, 11) is 0. The molecule has 6 heteroatoms. The van der Waals surface area contributed by atoms with Crippen LogP contribution < -0.4 is 11.3 Å². The molecular formula is C18H16ClN3O2. The quantitative estimate of drug-likeness (QED) is 0.427. The third-order valence-electron chi connectivity index (χ3n) is 4.03. The van der Waals surface area contributed by atoms with Gasteiger partial charge in [0.15, 0.2) is 0 Å². The Hall–Kier alpha value is -2.63. The van der Waals surface area contributed by atoms with Gasteiger partial charge in [0.2, 0.25) is 0 Å². The second-order valence-electron chi connectivity index (χ2n) is 5.57. The van der Waals surface area contributed by atoms with Gasteiger partial charge in [-0.1, -0.05) is 35.9 Å². The molecule has 0 atom stereocenters. The minimum Gasteiger partial charge on any atom is -0.290 e. The molecule has 2 aromatic carbocycles. The van der Waals surface area contributed by atoms with Gasteiger partial charge in [0.05, 0.1) is 21.7 Å². The zero-order chi connectivity index (χ0) is 17.4. The molecule has 0 saturated carbocycles. The molecule has 0 aliphatic carbocycles. The van der Waals surface area contributed by atoms with E-state index in [1.165, 1.54) is 4.57 Å². The van der Waals surface area contributed by atoms with E-state index in [9.17, 15) is 9.59 Å². The standard InChI is InChI=1S/C18H16ClN3O2/c1-10-7-8-12(14(19)9-10)18(24)22-11(2)16(17(23)21-20)13-5-3-4-6-15(13)22/h3-9H,20H2,1-2H3,(H,21,23). The third-order valence-corrected chi connectivity index (χ3v) is 4.34. The van der Waals surface area contributed by atoms with Gasteiger partial charge in [-0.2, -0.15) is 0 Å². The number of nitrogens with zero attached hydrogens (tertiary/aromatic N) is 1. The van der Waals surface area contributed by atoms with Crippen molar-refractivity contribution in [1.82, 2.24) is 9.99 Å². The van der Waals surface area contributed by atoms with E-state index in [4.69, 9.17) is 17.4 Å². The molecular weight excluding hydrogens is 326 g/mol. The number of nitrogens with one attached hydrogen (secondary N) is 1. The largest absolute Gasteiger partial charge is 0.290 e. The normalized spacial score (nSPS) is 10.8. The Morgan fingerprint density at radius 3 is 2.50 bits per heavy atom. The van der Waals surface area contributed by atoms with Crippen LogP contribution in [0.1, 0.15) is 32.0 Å². The SMILES string of the molecule is Cc1ccc(C(=O)n2c(C)c(C(=O)NN)c3ccccc32)c(Cl)c1. The van der Waals surface area contributed by atoms with Crippen LogP contribution in [0.5, 0.6) is 0 Å². The molecule has 0 unspecified atom stereocenters. The van der Waals surface area contributed by atoms with Crippen molar-refractivity contribution in [3.05, 3.63) is 69.9 Å². The highest BCUT2D eigenvalue weighted by atomic mass is 35.5. The smallest absolute Gasteiger partial charge is 0.267 e. The molecule has 0 fully saturated rings. The first-order chi connectivity index (χ1) is 11.5. The van der Waals surface area contributed by atoms with Crippen LogP contribution in [0.15, 0.2) is 42.5 Å². The number of rotatable bonds is 2. The monoisotopic (exact) mass is 341 g/mol. The number of benzene rings is 2. The number of amides is 1. The number of aryl methyl sites for hydroxylation is 1. The summed E-state index contributed by atoms with van der Waals surface area (Å²) in [4.78, 5) is 25.2. The van der Waals surface area contributed by atoms with Crippen molar-refractivity contribution in [2.75, 3.05) is 0 Å². The second-order valence-corrected chi connectivity index (χ2v) is 5.98. The van der Waals surface area contributed by atoms with Gasteiger partial charge < -0.3 is 0 Å². The summed E-state index contributed by atoms with van der Waals surface area (Å²) in [6, 6.07) is 12.5. The van der Waals surface area contributed by atoms with Crippen LogP contribution in [-0.4, -0.2) is 16.4 Å². The van der Waals surface area contributed by atoms with Crippen LogP contribution in [0.4, 0.5) is 0 Å². The number of nitrogens with two attached hydrogens (primary N) is 1. The molecule has 5 nitrogen and oxygen atoms in total. The maximum atomic E-state index is 13.1. The zero-order valence-electron chi connectivity index (χ0n) is 13.3. The van der Waals surface area contributed by atoms with Crippen LogP contribution in [0.25, 0.3) is 10.9 Å². The van der Waals surface area contributed by atoms with Crippen LogP contribution >= 0.6 is 11.6 Å². The number of fused-ring (bicyclic) bond motifs is 1. The highest BCUT2D eigenvalue weighted by Crippen LogP contribution is 2.28. The maximum Gasteiger partial charge on any atom is 0.267 e. The Morgan fingerprint density at radius 1 is 1.12 bits per heavy atom. The molecule has 1 aromatic heterocycles. The van der Waals surface area contributed by atoms with Crippen LogP contribution in [0.2, 0.25) is 5.02 Å². The number of aromatic nitrogens is 1. The molecule has 0 aliphatic heterocycles. The summed E-state index contributed by atoms with van der Waals surface area (Å²) >= 11 is 6.24. The van der Waals surface area contributed by atoms with Crippen molar-refractivity contribution in [1.29, 1.82) is 0 Å². The number of para-hydroxylation sites is 1. The number of hydrogen-bond donors (Lipinski definition) is 2. The summed E-state index contributed by atoms with van der Waals surface area (Å²) < 4.78 is 1.50. The molecule has 1 heterocycles. The van der Waals surface area contributed by atoms with Gasteiger partial charge in [-0.25, -0.2) is 5.84 Å². The topological polar surface area (TPSA) is 77.1 Å². The summed E-state index contributed by atoms with van der Waals surface area (Å²) in [6.07, 6.45) is 0. The zero-order valence-corrected chi connectivity index (χ0v) is 14.0. The van der Waals surface area contributed by atoms with Crippen molar-refractivity contribution < 1.29 is 9.59 Å². The van der Waals surface area contributed by atoms with Crippen LogP contribution in [-0.2, 0) is 0 Å². The number of halogens is 1. The molecule has 3 N–H and O–H groups in total. The van der Waals surface area contributed by atoms with Gasteiger partial charge in [-0.05, 0) is 37.6 Å². The van der Waals surface area contributed by atoms with Crippen molar-refractivity contribution in [2.24, 2.45) is 5.84 Å². The molecule has 122 valence electrons. The van der Waals surface area contributed by atoms with Crippen molar-refractivity contribution >= 4 is 34.3 Å². The van der Waals surface area contributed by atoms with Crippen LogP contribution in [0, 0.1) is 13.8 Å². The molecule has 24 heavy (non-hydrogen) atoms. The van der Waals surface area contributed by atoms with E-state index >= 15 is 0 Å². The Balaban J connectivity index is 2.28. The summed E-state index contributed by atoms with van der Waals surface area (Å²) in [5.74, 6) is 4.56.